The van der Waals surface area contributed by atoms with Crippen molar-refractivity contribution in [1.29, 1.82) is 0 Å². The molecule has 9 heteroatoms. The lowest BCUT2D eigenvalue weighted by atomic mass is 9.88. The average molecular weight is 596 g/mol. The summed E-state index contributed by atoms with van der Waals surface area (Å²) in [6.45, 7) is 3.64. The summed E-state index contributed by atoms with van der Waals surface area (Å²) in [5.74, 6) is -4.86. The zero-order valence-corrected chi connectivity index (χ0v) is 21.7. The van der Waals surface area contributed by atoms with E-state index < -0.39 is 51.2 Å². The maximum Gasteiger partial charge on any atom is 0.340 e. The molecule has 1 unspecified atom stereocenters. The van der Waals surface area contributed by atoms with E-state index in [-0.39, 0.29) is 12.3 Å². The number of hydrogen-bond donors (Lipinski definition) is 1. The van der Waals surface area contributed by atoms with Crippen LogP contribution in [0.5, 0.6) is 0 Å². The Morgan fingerprint density at radius 2 is 1.88 bits per heavy atom. The summed E-state index contributed by atoms with van der Waals surface area (Å²) in [6, 6.07) is 2.59. The minimum atomic E-state index is -1.13. The lowest BCUT2D eigenvalue weighted by Gasteiger charge is -2.21. The van der Waals surface area contributed by atoms with E-state index in [1.54, 1.807) is 0 Å². The van der Waals surface area contributed by atoms with Crippen LogP contribution >= 0.6 is 34.2 Å². The van der Waals surface area contributed by atoms with Gasteiger partial charge < -0.3 is 9.84 Å². The molecule has 1 aliphatic carbocycles. The van der Waals surface area contributed by atoms with Crippen LogP contribution in [0.15, 0.2) is 42.0 Å². The van der Waals surface area contributed by atoms with Gasteiger partial charge in [-0.3, -0.25) is 0 Å². The number of pyridine rings is 1. The molecule has 0 fully saturated rings. The molecule has 33 heavy (non-hydrogen) atoms. The molecule has 1 aromatic heterocycles. The Morgan fingerprint density at radius 1 is 1.21 bits per heavy atom. The van der Waals surface area contributed by atoms with Crippen molar-refractivity contribution < 1.29 is 27.8 Å². The van der Waals surface area contributed by atoms with Crippen LogP contribution in [0.25, 0.3) is 11.3 Å². The fourth-order valence-corrected chi connectivity index (χ4v) is 3.34. The Balaban J connectivity index is 0.00000129. The molecular weight excluding hydrogens is 570 g/mol. The summed E-state index contributed by atoms with van der Waals surface area (Å²) in [6.07, 6.45) is 6.98. The van der Waals surface area contributed by atoms with Crippen LogP contribution in [0.3, 0.4) is 0 Å². The van der Waals surface area contributed by atoms with E-state index in [9.17, 15) is 18.7 Å². The second-order valence-corrected chi connectivity index (χ2v) is 6.85. The first kappa shape index (κ1) is 29.1. The van der Waals surface area contributed by atoms with Crippen molar-refractivity contribution in [2.45, 2.75) is 32.6 Å². The molecule has 0 bridgehead atoms. The van der Waals surface area contributed by atoms with Crippen molar-refractivity contribution >= 4 is 40.2 Å². The zero-order chi connectivity index (χ0) is 25.1. The van der Waals surface area contributed by atoms with Gasteiger partial charge in [0.15, 0.2) is 5.82 Å². The predicted molar refractivity (Wildman–Crippen MR) is 133 cm³/mol. The first-order valence-electron chi connectivity index (χ1n) is 10.1. The summed E-state index contributed by atoms with van der Waals surface area (Å²) in [4.78, 5) is 18.2. The molecule has 4 nitrogen and oxygen atoms in total. The van der Waals surface area contributed by atoms with E-state index in [1.807, 2.05) is 37.0 Å². The average Bonchev–Trinajstić information content (AvgIpc) is 2.85. The number of allylic oxidation sites excluding steroid dienone is 3. The Morgan fingerprint density at radius 3 is 2.42 bits per heavy atom. The first-order chi connectivity index (χ1) is 15.9. The van der Waals surface area contributed by atoms with E-state index >= 15 is 4.39 Å². The van der Waals surface area contributed by atoms with Crippen molar-refractivity contribution in [3.05, 3.63) is 75.7 Å². The highest BCUT2D eigenvalue weighted by atomic mass is 127. The van der Waals surface area contributed by atoms with Crippen molar-refractivity contribution in [1.82, 2.24) is 4.98 Å². The number of esters is 1. The number of ether oxygens (including phenoxy) is 1. The molecule has 2 aromatic rings. The van der Waals surface area contributed by atoms with E-state index in [2.05, 4.69) is 32.3 Å². The summed E-state index contributed by atoms with van der Waals surface area (Å²) in [7, 11) is 1.08. The fourth-order valence-electron chi connectivity index (χ4n) is 3.18. The van der Waals surface area contributed by atoms with Crippen LogP contribution in [0.2, 0.25) is 5.02 Å². The Bertz CT molecular complexity index is 1030. The van der Waals surface area contributed by atoms with Gasteiger partial charge in [0.25, 0.3) is 0 Å². The zero-order valence-electron chi connectivity index (χ0n) is 18.8. The van der Waals surface area contributed by atoms with Gasteiger partial charge in [-0.25, -0.2) is 22.9 Å². The predicted octanol–water partition coefficient (Wildman–Crippen LogP) is 7.04. The second kappa shape index (κ2) is 14.4. The van der Waals surface area contributed by atoms with Gasteiger partial charge in [-0.1, -0.05) is 71.8 Å². The number of halogens is 5. The van der Waals surface area contributed by atoms with Crippen LogP contribution < -0.4 is 0 Å². The maximum absolute atomic E-state index is 15.0. The summed E-state index contributed by atoms with van der Waals surface area (Å²) in [5, 5.41) is 9.50. The summed E-state index contributed by atoms with van der Waals surface area (Å²) < 4.78 is 47.6. The molecule has 3 rings (SSSR count). The maximum atomic E-state index is 15.0. The number of aliphatic hydroxyl groups excluding tert-OH is 1. The van der Waals surface area contributed by atoms with Crippen molar-refractivity contribution in [3.63, 3.8) is 0 Å². The lowest BCUT2D eigenvalue weighted by Crippen LogP contribution is -2.15. The number of alkyl halides is 1. The summed E-state index contributed by atoms with van der Waals surface area (Å²) in [5.41, 5.74) is -0.417. The van der Waals surface area contributed by atoms with E-state index in [0.717, 1.165) is 25.2 Å². The van der Waals surface area contributed by atoms with Gasteiger partial charge in [0.1, 0.15) is 17.3 Å². The molecule has 0 spiro atoms. The van der Waals surface area contributed by atoms with Crippen molar-refractivity contribution in [2.24, 2.45) is 0 Å². The number of aromatic nitrogens is 1. The quantitative estimate of drug-likeness (QED) is 0.174. The van der Waals surface area contributed by atoms with Crippen LogP contribution in [-0.4, -0.2) is 34.7 Å². The van der Waals surface area contributed by atoms with E-state index in [1.165, 1.54) is 6.07 Å². The number of nitrogens with zero attached hydrogens (tertiary/aromatic N) is 1. The second-order valence-electron chi connectivity index (χ2n) is 6.44. The standard InChI is InChI=1S/C21H17ClF3NO3.C2H6.CH3I/c1-29-21(28)13-8-18(14(10-27)11-5-3-2-4-6-11)26-20(19(13)25)12-7-15(22)17(24)9-16(12)23;2*1-2/h2-3,5,7-9,14,27H,4,6,10H2,1H3;1-2H3;1H3. The van der Waals surface area contributed by atoms with Gasteiger partial charge in [-0.05, 0) is 29.9 Å². The molecule has 0 saturated heterocycles. The normalized spacial score (nSPS) is 13.1. The molecule has 1 aliphatic rings. The van der Waals surface area contributed by atoms with Gasteiger partial charge in [-0.2, -0.15) is 0 Å². The third-order valence-corrected chi connectivity index (χ3v) is 4.97. The molecule has 1 atom stereocenters. The van der Waals surface area contributed by atoms with Gasteiger partial charge in [-0.15, -0.1) is 0 Å². The minimum Gasteiger partial charge on any atom is -0.465 e. The van der Waals surface area contributed by atoms with Crippen molar-refractivity contribution in [3.8, 4) is 11.3 Å². The number of rotatable bonds is 5. The molecule has 1 aromatic carbocycles. The fraction of sp³-hybridized carbons (Fsp3) is 0.333. The van der Waals surface area contributed by atoms with Crippen LogP contribution in [0.1, 0.15) is 48.7 Å². The first-order valence-corrected chi connectivity index (χ1v) is 12.7. The number of aliphatic hydroxyl groups is 1. The molecule has 1 heterocycles. The Kier molecular flexibility index (Phi) is 12.7. The molecule has 180 valence electrons. The summed E-state index contributed by atoms with van der Waals surface area (Å²) >= 11 is 7.88. The minimum absolute atomic E-state index is 0.158. The van der Waals surface area contributed by atoms with Crippen molar-refractivity contribution in [2.75, 3.05) is 18.6 Å². The molecular formula is C24H26ClF3INO3. The molecule has 0 radical (unpaired) electrons. The SMILES string of the molecule is CC.CI.COC(=O)c1cc(C(CO)C2=CC=CCC2)nc(-c2cc(Cl)c(F)cc2F)c1F. The topological polar surface area (TPSA) is 59.4 Å². The van der Waals surface area contributed by atoms with Gasteiger partial charge in [0.2, 0.25) is 0 Å². The highest BCUT2D eigenvalue weighted by Crippen LogP contribution is 2.34. The molecule has 0 saturated carbocycles. The van der Waals surface area contributed by atoms with Gasteiger partial charge in [0.05, 0.1) is 30.0 Å². The molecule has 0 aliphatic heterocycles. The number of carbonyl (C=O) groups is 1. The third-order valence-electron chi connectivity index (χ3n) is 4.68. The largest absolute Gasteiger partial charge is 0.465 e. The van der Waals surface area contributed by atoms with E-state index in [4.69, 9.17) is 11.6 Å². The van der Waals surface area contributed by atoms with Crippen LogP contribution in [-0.2, 0) is 4.74 Å². The lowest BCUT2D eigenvalue weighted by molar-refractivity contribution is 0.0595. The number of carbonyl (C=O) groups excluding carboxylic acids is 1. The van der Waals surface area contributed by atoms with Crippen LogP contribution in [0.4, 0.5) is 13.2 Å². The number of hydrogen-bond acceptors (Lipinski definition) is 4. The Hall–Kier alpha value is -1.91. The Labute approximate surface area is 210 Å². The number of benzene rings is 1. The molecule has 0 amide bonds. The highest BCUT2D eigenvalue weighted by Gasteiger charge is 2.27. The van der Waals surface area contributed by atoms with Gasteiger partial charge in [0, 0.05) is 17.5 Å². The van der Waals surface area contributed by atoms with Gasteiger partial charge >= 0.3 is 5.97 Å². The monoisotopic (exact) mass is 595 g/mol. The number of methoxy groups -OCH3 is 1. The third kappa shape index (κ3) is 7.04. The highest BCUT2D eigenvalue weighted by molar-refractivity contribution is 14.1. The molecule has 1 N–H and O–H groups in total. The smallest absolute Gasteiger partial charge is 0.340 e. The van der Waals surface area contributed by atoms with Crippen LogP contribution in [0, 0.1) is 17.5 Å². The van der Waals surface area contributed by atoms with E-state index in [0.29, 0.717) is 12.5 Å².